The van der Waals surface area contributed by atoms with E-state index in [2.05, 4.69) is 5.32 Å². The van der Waals surface area contributed by atoms with E-state index in [1.807, 2.05) is 13.0 Å². The lowest BCUT2D eigenvalue weighted by molar-refractivity contribution is -0.117. The van der Waals surface area contributed by atoms with Crippen LogP contribution >= 0.6 is 0 Å². The molecule has 2 rings (SSSR count). The van der Waals surface area contributed by atoms with Gasteiger partial charge in [0.1, 0.15) is 17.1 Å². The highest BCUT2D eigenvalue weighted by Crippen LogP contribution is 2.24. The Hall–Kier alpha value is -1.55. The zero-order valence-electron chi connectivity index (χ0n) is 12.9. The molecule has 1 aliphatic carbocycles. The molecule has 21 heavy (non-hydrogen) atoms. The molecule has 0 saturated heterocycles. The van der Waals surface area contributed by atoms with Gasteiger partial charge >= 0.3 is 0 Å². The van der Waals surface area contributed by atoms with Crippen LogP contribution in [0.15, 0.2) is 28.7 Å². The van der Waals surface area contributed by atoms with Gasteiger partial charge < -0.3 is 14.8 Å². The van der Waals surface area contributed by atoms with Gasteiger partial charge in [0.2, 0.25) is 5.91 Å². The van der Waals surface area contributed by atoms with Gasteiger partial charge in [-0.2, -0.15) is 0 Å². The molecule has 1 fully saturated rings. The highest BCUT2D eigenvalue weighted by Gasteiger charge is 2.27. The van der Waals surface area contributed by atoms with Gasteiger partial charge in [0.25, 0.3) is 0 Å². The third-order valence-corrected chi connectivity index (χ3v) is 4.05. The minimum absolute atomic E-state index is 0.133. The van der Waals surface area contributed by atoms with Crippen LogP contribution in [0, 0.1) is 12.8 Å². The molecule has 1 aliphatic rings. The number of amides is 1. The summed E-state index contributed by atoms with van der Waals surface area (Å²) < 4.78 is 5.42. The minimum Gasteiger partial charge on any atom is -0.463 e. The van der Waals surface area contributed by atoms with Gasteiger partial charge in [-0.25, -0.2) is 0 Å². The highest BCUT2D eigenvalue weighted by molar-refractivity contribution is 5.87. The molecule has 1 aromatic rings. The van der Waals surface area contributed by atoms with E-state index in [0.29, 0.717) is 11.7 Å². The van der Waals surface area contributed by atoms with Gasteiger partial charge in [-0.1, -0.05) is 25.3 Å². The Morgan fingerprint density at radius 1 is 1.43 bits per heavy atom. The molecule has 0 bridgehead atoms. The number of hydrogen-bond acceptors (Lipinski definition) is 3. The maximum atomic E-state index is 11.8. The van der Waals surface area contributed by atoms with E-state index < -0.39 is 5.60 Å². The monoisotopic (exact) mass is 291 g/mol. The Bertz CT molecular complexity index is 496. The van der Waals surface area contributed by atoms with Gasteiger partial charge in [-0.15, -0.1) is 0 Å². The minimum atomic E-state index is -1.19. The van der Waals surface area contributed by atoms with E-state index in [0.717, 1.165) is 5.76 Å². The van der Waals surface area contributed by atoms with Crippen molar-refractivity contribution in [1.29, 1.82) is 0 Å². The standard InChI is InChI=1S/C17H25NO3/c1-13-8-10-15(21-13)17(2,20)12-18-16(19)11-9-14-6-4-3-5-7-14/h8-11,14,20H,3-7,12H2,1-2H3,(H,18,19). The van der Waals surface area contributed by atoms with Crippen LogP contribution in [0.4, 0.5) is 0 Å². The molecule has 0 spiro atoms. The second-order valence-corrected chi connectivity index (χ2v) is 6.16. The number of rotatable bonds is 5. The Labute approximate surface area is 126 Å². The molecular formula is C17H25NO3. The third kappa shape index (κ3) is 4.74. The first-order chi connectivity index (χ1) is 9.97. The van der Waals surface area contributed by atoms with E-state index in [9.17, 15) is 9.90 Å². The predicted octanol–water partition coefficient (Wildman–Crippen LogP) is 3.05. The summed E-state index contributed by atoms with van der Waals surface area (Å²) in [6.45, 7) is 3.59. The lowest BCUT2D eigenvalue weighted by atomic mass is 9.89. The zero-order chi connectivity index (χ0) is 15.3. The largest absolute Gasteiger partial charge is 0.463 e. The molecule has 4 nitrogen and oxygen atoms in total. The van der Waals surface area contributed by atoms with Crippen molar-refractivity contribution >= 4 is 5.91 Å². The van der Waals surface area contributed by atoms with Crippen molar-refractivity contribution < 1.29 is 14.3 Å². The molecule has 2 N–H and O–H groups in total. The fourth-order valence-electron chi connectivity index (χ4n) is 2.68. The van der Waals surface area contributed by atoms with Gasteiger partial charge in [-0.3, -0.25) is 4.79 Å². The maximum absolute atomic E-state index is 11.8. The lowest BCUT2D eigenvalue weighted by Crippen LogP contribution is -2.37. The van der Waals surface area contributed by atoms with Gasteiger partial charge in [0.05, 0.1) is 6.54 Å². The molecule has 0 aromatic carbocycles. The van der Waals surface area contributed by atoms with Crippen LogP contribution in [-0.2, 0) is 10.4 Å². The first-order valence-electron chi connectivity index (χ1n) is 7.73. The van der Waals surface area contributed by atoms with Crippen LogP contribution in [0.1, 0.15) is 50.5 Å². The number of aryl methyl sites for hydroxylation is 1. The Balaban J connectivity index is 1.81. The number of nitrogens with one attached hydrogen (secondary N) is 1. The number of allylic oxidation sites excluding steroid dienone is 1. The molecule has 1 atom stereocenters. The van der Waals surface area contributed by atoms with Crippen molar-refractivity contribution in [2.45, 2.75) is 51.6 Å². The SMILES string of the molecule is Cc1ccc(C(C)(O)CNC(=O)C=CC2CCCCC2)o1. The molecule has 1 saturated carbocycles. The van der Waals surface area contributed by atoms with Crippen molar-refractivity contribution in [2.75, 3.05) is 6.54 Å². The molecule has 116 valence electrons. The fraction of sp³-hybridized carbons (Fsp3) is 0.588. The number of aliphatic hydroxyl groups is 1. The second-order valence-electron chi connectivity index (χ2n) is 6.16. The molecular weight excluding hydrogens is 266 g/mol. The number of furan rings is 1. The Kier molecular flexibility index (Phi) is 5.23. The van der Waals surface area contributed by atoms with Crippen molar-refractivity contribution in [3.63, 3.8) is 0 Å². The van der Waals surface area contributed by atoms with E-state index in [1.54, 1.807) is 25.1 Å². The van der Waals surface area contributed by atoms with Crippen LogP contribution in [0.2, 0.25) is 0 Å². The summed E-state index contributed by atoms with van der Waals surface area (Å²) >= 11 is 0. The van der Waals surface area contributed by atoms with Crippen LogP contribution in [0.3, 0.4) is 0 Å². The second kappa shape index (κ2) is 6.94. The summed E-state index contributed by atoms with van der Waals surface area (Å²) in [7, 11) is 0. The van der Waals surface area contributed by atoms with Gasteiger partial charge in [0, 0.05) is 0 Å². The van der Waals surface area contributed by atoms with E-state index in [4.69, 9.17) is 4.42 Å². The van der Waals surface area contributed by atoms with Gasteiger partial charge in [-0.05, 0) is 50.8 Å². The summed E-state index contributed by atoms with van der Waals surface area (Å²) in [5, 5.41) is 13.1. The number of hydrogen-bond donors (Lipinski definition) is 2. The van der Waals surface area contributed by atoms with Crippen molar-refractivity contribution in [3.05, 3.63) is 35.8 Å². The van der Waals surface area contributed by atoms with Crippen molar-refractivity contribution in [3.8, 4) is 0 Å². The first-order valence-corrected chi connectivity index (χ1v) is 7.73. The van der Waals surface area contributed by atoms with Crippen LogP contribution in [0.5, 0.6) is 0 Å². The topological polar surface area (TPSA) is 62.5 Å². The summed E-state index contributed by atoms with van der Waals surface area (Å²) in [6.07, 6.45) is 9.76. The smallest absolute Gasteiger partial charge is 0.243 e. The summed E-state index contributed by atoms with van der Waals surface area (Å²) in [4.78, 5) is 11.8. The zero-order valence-corrected chi connectivity index (χ0v) is 12.9. The maximum Gasteiger partial charge on any atom is 0.243 e. The average Bonchev–Trinajstić information content (AvgIpc) is 2.92. The predicted molar refractivity (Wildman–Crippen MR) is 81.7 cm³/mol. The summed E-state index contributed by atoms with van der Waals surface area (Å²) in [6, 6.07) is 3.54. The highest BCUT2D eigenvalue weighted by atomic mass is 16.4. The van der Waals surface area contributed by atoms with E-state index >= 15 is 0 Å². The molecule has 0 aliphatic heterocycles. The van der Waals surface area contributed by atoms with E-state index in [1.165, 1.54) is 32.1 Å². The van der Waals surface area contributed by atoms with Crippen LogP contribution in [-0.4, -0.2) is 17.6 Å². The van der Waals surface area contributed by atoms with Crippen molar-refractivity contribution in [2.24, 2.45) is 5.92 Å². The molecule has 1 amide bonds. The average molecular weight is 291 g/mol. The number of carbonyl (C=O) groups excluding carboxylic acids is 1. The first kappa shape index (κ1) is 15.8. The van der Waals surface area contributed by atoms with E-state index in [-0.39, 0.29) is 12.5 Å². The molecule has 1 heterocycles. The molecule has 1 unspecified atom stereocenters. The Morgan fingerprint density at radius 2 is 2.14 bits per heavy atom. The molecule has 4 heteroatoms. The molecule has 0 radical (unpaired) electrons. The quantitative estimate of drug-likeness (QED) is 0.820. The normalized spacial score (nSPS) is 19.6. The van der Waals surface area contributed by atoms with Crippen molar-refractivity contribution in [1.82, 2.24) is 5.32 Å². The van der Waals surface area contributed by atoms with Crippen LogP contribution in [0.25, 0.3) is 0 Å². The van der Waals surface area contributed by atoms with Crippen LogP contribution < -0.4 is 5.32 Å². The lowest BCUT2D eigenvalue weighted by Gasteiger charge is -2.21. The Morgan fingerprint density at radius 3 is 2.76 bits per heavy atom. The third-order valence-electron chi connectivity index (χ3n) is 4.05. The number of carbonyl (C=O) groups is 1. The summed E-state index contributed by atoms with van der Waals surface area (Å²) in [5.41, 5.74) is -1.19. The fourth-order valence-corrected chi connectivity index (χ4v) is 2.68. The summed E-state index contributed by atoms with van der Waals surface area (Å²) in [5.74, 6) is 1.58. The van der Waals surface area contributed by atoms with Gasteiger partial charge in [0.15, 0.2) is 0 Å². The molecule has 1 aromatic heterocycles.